The predicted octanol–water partition coefficient (Wildman–Crippen LogP) is 15.2. The third-order valence-electron chi connectivity index (χ3n) is 12.6. The van der Waals surface area contributed by atoms with Crippen molar-refractivity contribution in [2.75, 3.05) is 47.5 Å². The molecule has 398 valence electrons. The van der Waals surface area contributed by atoms with E-state index in [2.05, 4.69) is 50.3 Å². The number of quaternary nitrogens is 1. The Labute approximate surface area is 420 Å². The van der Waals surface area contributed by atoms with Crippen LogP contribution in [0.3, 0.4) is 0 Å². The van der Waals surface area contributed by atoms with E-state index in [1.165, 1.54) is 161 Å². The lowest BCUT2D eigenvalue weighted by Crippen LogP contribution is -2.44. The molecule has 0 N–H and O–H groups in total. The molecule has 0 amide bonds. The Bertz CT molecular complexity index is 1210. The van der Waals surface area contributed by atoms with Crippen LogP contribution in [0.1, 0.15) is 264 Å². The molecule has 0 heterocycles. The van der Waals surface area contributed by atoms with Crippen LogP contribution in [-0.2, 0) is 33.3 Å². The second kappa shape index (κ2) is 50.9. The molecule has 0 saturated carbocycles. The lowest BCUT2D eigenvalue weighted by Gasteiger charge is -2.26. The maximum absolute atomic E-state index is 12.8. The van der Waals surface area contributed by atoms with Gasteiger partial charge in [-0.05, 0) is 51.4 Å². The molecule has 0 aliphatic rings. The smallest absolute Gasteiger partial charge is 0.306 e. The average molecular weight is 961 g/mol. The molecule has 2 atom stereocenters. The monoisotopic (exact) mass is 960 g/mol. The molecule has 0 aromatic heterocycles. The van der Waals surface area contributed by atoms with Gasteiger partial charge >= 0.3 is 11.9 Å². The van der Waals surface area contributed by atoms with Gasteiger partial charge in [0.2, 0.25) is 0 Å². The number of likely N-dealkylation sites (N-methyl/N-ethyl adjacent to an activating group) is 1. The first-order valence-corrected chi connectivity index (χ1v) is 28.6. The summed E-state index contributed by atoms with van der Waals surface area (Å²) < 4.78 is 22.7. The standard InChI is InChI=1S/C59H109NO8/c1-6-8-10-12-14-16-18-20-22-24-26-27-28-29-30-32-33-35-37-39-41-43-45-47-49-56(61)66-53-55(54-67-59(58(63)64)65-52-51-60(3,4)5)68-57(62)50-48-46-44-42-40-38-36-34-31-25-23-21-19-17-15-13-11-9-7-2/h15,17,21,23,31,34,55,59H,6-14,16,18-20,22,24-30,32-33,35-54H2,1-5H3/b17-15-,23-21-,34-31-. The molecule has 0 rings (SSSR count). The van der Waals surface area contributed by atoms with Crippen molar-refractivity contribution in [1.82, 2.24) is 0 Å². The summed E-state index contributed by atoms with van der Waals surface area (Å²) in [7, 11) is 5.92. The maximum atomic E-state index is 12.8. The molecule has 0 aliphatic carbocycles. The van der Waals surface area contributed by atoms with Crippen LogP contribution in [-0.4, -0.2) is 82.3 Å². The molecule has 0 saturated heterocycles. The Hall–Kier alpha value is -2.49. The Morgan fingerprint density at radius 3 is 1.21 bits per heavy atom. The predicted molar refractivity (Wildman–Crippen MR) is 283 cm³/mol. The van der Waals surface area contributed by atoms with E-state index < -0.39 is 24.3 Å². The summed E-state index contributed by atoms with van der Waals surface area (Å²) in [5, 5.41) is 11.8. The molecule has 0 spiro atoms. The normalized spacial score (nSPS) is 13.0. The highest BCUT2D eigenvalue weighted by Crippen LogP contribution is 2.17. The second-order valence-electron chi connectivity index (χ2n) is 20.6. The summed E-state index contributed by atoms with van der Waals surface area (Å²) in [5.41, 5.74) is 0. The van der Waals surface area contributed by atoms with Crippen LogP contribution >= 0.6 is 0 Å². The Kier molecular flexibility index (Phi) is 49.0. The van der Waals surface area contributed by atoms with Crippen molar-refractivity contribution in [3.8, 4) is 0 Å². The number of carboxylic acids is 1. The number of hydrogen-bond acceptors (Lipinski definition) is 8. The topological polar surface area (TPSA) is 111 Å². The molecule has 9 nitrogen and oxygen atoms in total. The van der Waals surface area contributed by atoms with Crippen LogP contribution in [0.25, 0.3) is 0 Å². The fourth-order valence-corrected chi connectivity index (χ4v) is 8.19. The number of allylic oxidation sites excluding steroid dienone is 6. The minimum absolute atomic E-state index is 0.146. The highest BCUT2D eigenvalue weighted by molar-refractivity contribution is 5.70. The Morgan fingerprint density at radius 1 is 0.441 bits per heavy atom. The number of unbranched alkanes of at least 4 members (excludes halogenated alkanes) is 32. The van der Waals surface area contributed by atoms with Crippen LogP contribution in [0.5, 0.6) is 0 Å². The van der Waals surface area contributed by atoms with Gasteiger partial charge in [-0.25, -0.2) is 0 Å². The first kappa shape index (κ1) is 65.5. The van der Waals surface area contributed by atoms with Crippen molar-refractivity contribution in [2.24, 2.45) is 0 Å². The Balaban J connectivity index is 4.24. The van der Waals surface area contributed by atoms with Gasteiger partial charge in [-0.1, -0.05) is 237 Å². The number of aliphatic carboxylic acids is 1. The molecule has 9 heteroatoms. The molecule has 68 heavy (non-hydrogen) atoms. The van der Waals surface area contributed by atoms with E-state index in [0.717, 1.165) is 70.6 Å². The van der Waals surface area contributed by atoms with E-state index in [-0.39, 0.29) is 32.2 Å². The van der Waals surface area contributed by atoms with E-state index in [1.54, 1.807) is 0 Å². The number of carboxylic acid groups (broad SMARTS) is 1. The quantitative estimate of drug-likeness (QED) is 0.0195. The van der Waals surface area contributed by atoms with E-state index >= 15 is 0 Å². The van der Waals surface area contributed by atoms with Gasteiger partial charge in [-0.15, -0.1) is 0 Å². The van der Waals surface area contributed by atoms with Crippen LogP contribution < -0.4 is 5.11 Å². The fourth-order valence-electron chi connectivity index (χ4n) is 8.19. The number of ether oxygens (including phenoxy) is 4. The average Bonchev–Trinajstić information content (AvgIpc) is 3.30. The zero-order valence-corrected chi connectivity index (χ0v) is 45.2. The van der Waals surface area contributed by atoms with Crippen LogP contribution in [0.4, 0.5) is 0 Å². The molecular formula is C59H109NO8. The van der Waals surface area contributed by atoms with Crippen LogP contribution in [0.2, 0.25) is 0 Å². The number of rotatable bonds is 53. The number of hydrogen-bond donors (Lipinski definition) is 0. The summed E-state index contributed by atoms with van der Waals surface area (Å²) in [6, 6.07) is 0. The lowest BCUT2D eigenvalue weighted by molar-refractivity contribution is -0.870. The number of carbonyl (C=O) groups is 3. The highest BCUT2D eigenvalue weighted by atomic mass is 16.7. The zero-order valence-electron chi connectivity index (χ0n) is 45.2. The first-order chi connectivity index (χ1) is 33.1. The van der Waals surface area contributed by atoms with Gasteiger partial charge in [0, 0.05) is 12.8 Å². The molecule has 0 fully saturated rings. The minimum Gasteiger partial charge on any atom is -0.545 e. The third-order valence-corrected chi connectivity index (χ3v) is 12.6. The zero-order chi connectivity index (χ0) is 49.9. The molecular weight excluding hydrogens is 851 g/mol. The molecule has 0 aromatic rings. The third kappa shape index (κ3) is 51.4. The molecule has 0 aromatic carbocycles. The number of esters is 2. The summed E-state index contributed by atoms with van der Waals surface area (Å²) in [4.78, 5) is 37.3. The van der Waals surface area contributed by atoms with E-state index in [4.69, 9.17) is 18.9 Å². The van der Waals surface area contributed by atoms with Crippen molar-refractivity contribution in [3.63, 3.8) is 0 Å². The lowest BCUT2D eigenvalue weighted by atomic mass is 10.0. The van der Waals surface area contributed by atoms with Crippen molar-refractivity contribution < 1.29 is 42.9 Å². The van der Waals surface area contributed by atoms with Crippen molar-refractivity contribution >= 4 is 17.9 Å². The van der Waals surface area contributed by atoms with Gasteiger partial charge in [-0.3, -0.25) is 9.59 Å². The summed E-state index contributed by atoms with van der Waals surface area (Å²) in [6.07, 6.45) is 57.6. The number of carbonyl (C=O) groups excluding carboxylic acids is 3. The van der Waals surface area contributed by atoms with Crippen LogP contribution in [0.15, 0.2) is 36.5 Å². The van der Waals surface area contributed by atoms with Gasteiger partial charge in [-0.2, -0.15) is 0 Å². The SMILES string of the molecule is CCCCC/C=C\C/C=C\C/C=C\CCCCCCCCC(=O)OC(COC(=O)CCCCCCCCCCCCCCCCCCCCCCCCCC)COC(OCC[N+](C)(C)C)C(=O)[O-]. The van der Waals surface area contributed by atoms with Gasteiger partial charge < -0.3 is 33.3 Å². The van der Waals surface area contributed by atoms with Gasteiger partial charge in [0.25, 0.3) is 0 Å². The largest absolute Gasteiger partial charge is 0.545 e. The number of nitrogens with zero attached hydrogens (tertiary/aromatic N) is 1. The van der Waals surface area contributed by atoms with Crippen molar-refractivity contribution in [2.45, 2.75) is 277 Å². The van der Waals surface area contributed by atoms with Crippen molar-refractivity contribution in [3.05, 3.63) is 36.5 Å². The maximum Gasteiger partial charge on any atom is 0.306 e. The summed E-state index contributed by atoms with van der Waals surface area (Å²) in [6.45, 7) is 4.74. The second-order valence-corrected chi connectivity index (χ2v) is 20.6. The first-order valence-electron chi connectivity index (χ1n) is 28.6. The minimum atomic E-state index is -1.62. The Morgan fingerprint density at radius 2 is 0.794 bits per heavy atom. The van der Waals surface area contributed by atoms with E-state index in [1.807, 2.05) is 21.1 Å². The van der Waals surface area contributed by atoms with Gasteiger partial charge in [0.15, 0.2) is 12.4 Å². The summed E-state index contributed by atoms with van der Waals surface area (Å²) >= 11 is 0. The van der Waals surface area contributed by atoms with Crippen molar-refractivity contribution in [1.29, 1.82) is 0 Å². The molecule has 0 radical (unpaired) electrons. The molecule has 0 bridgehead atoms. The fraction of sp³-hybridized carbons (Fsp3) is 0.847. The van der Waals surface area contributed by atoms with E-state index in [9.17, 15) is 19.5 Å². The van der Waals surface area contributed by atoms with E-state index in [0.29, 0.717) is 23.9 Å². The summed E-state index contributed by atoms with van der Waals surface area (Å²) in [5.74, 6) is -2.29. The highest BCUT2D eigenvalue weighted by Gasteiger charge is 2.22. The van der Waals surface area contributed by atoms with Gasteiger partial charge in [0.05, 0.1) is 40.3 Å². The molecule has 2 unspecified atom stereocenters. The van der Waals surface area contributed by atoms with Crippen LogP contribution in [0, 0.1) is 0 Å². The van der Waals surface area contributed by atoms with Gasteiger partial charge in [0.1, 0.15) is 13.2 Å². The molecule has 0 aliphatic heterocycles.